The first-order valence-electron chi connectivity index (χ1n) is 7.63. The zero-order valence-corrected chi connectivity index (χ0v) is 15.9. The Labute approximate surface area is 176 Å². The van der Waals surface area contributed by atoms with E-state index in [1.165, 1.54) is 0 Å². The number of para-hydroxylation sites is 1. The van der Waals surface area contributed by atoms with Crippen LogP contribution in [0.25, 0.3) is 0 Å². The van der Waals surface area contributed by atoms with E-state index in [1.807, 2.05) is 55.5 Å². The molecule has 1 unspecified atom stereocenters. The van der Waals surface area contributed by atoms with E-state index in [0.29, 0.717) is 15.6 Å². The van der Waals surface area contributed by atoms with Crippen molar-refractivity contribution in [3.8, 4) is 11.5 Å². The Morgan fingerprint density at radius 3 is 2.15 bits per heavy atom. The van der Waals surface area contributed by atoms with Gasteiger partial charge in [-0.25, -0.2) is 0 Å². The first-order chi connectivity index (χ1) is 12.0. The van der Waals surface area contributed by atoms with Crippen LogP contribution in [-0.4, -0.2) is 24.4 Å². The van der Waals surface area contributed by atoms with Crippen LogP contribution in [0.15, 0.2) is 66.7 Å². The molecule has 0 saturated heterocycles. The summed E-state index contributed by atoms with van der Waals surface area (Å²) in [4.78, 5) is 12.6. The monoisotopic (exact) mass is 396 g/mol. The van der Waals surface area contributed by atoms with E-state index in [0.717, 1.165) is 22.4 Å². The Kier molecular flexibility index (Phi) is 7.78. The average Bonchev–Trinajstić information content (AvgIpc) is 2.58. The van der Waals surface area contributed by atoms with Crippen LogP contribution in [-0.2, 0) is 0 Å². The number of hydrogen-bond donors (Lipinski definition) is 0. The molecule has 0 bridgehead atoms. The first-order valence-corrected chi connectivity index (χ1v) is 9.39. The van der Waals surface area contributed by atoms with E-state index >= 15 is 0 Å². The molecule has 26 heavy (non-hydrogen) atoms. The SMILES string of the molecule is Cc1cc(Oc2ccccc2)ccc1PC(=O)c1c(Cl)cccc1Cl.[LiH]. The molecule has 0 spiro atoms. The fourth-order valence-electron chi connectivity index (χ4n) is 2.36. The molecule has 3 rings (SSSR count). The average molecular weight is 397 g/mol. The van der Waals surface area contributed by atoms with Gasteiger partial charge >= 0.3 is 18.9 Å². The molecular formula is C20H16Cl2LiO2P. The molecule has 128 valence electrons. The van der Waals surface area contributed by atoms with Crippen LogP contribution in [0.4, 0.5) is 0 Å². The molecule has 0 saturated carbocycles. The summed E-state index contributed by atoms with van der Waals surface area (Å²) in [6.07, 6.45) is 0. The van der Waals surface area contributed by atoms with Crippen molar-refractivity contribution in [2.45, 2.75) is 6.92 Å². The molecule has 3 aromatic carbocycles. The summed E-state index contributed by atoms with van der Waals surface area (Å²) in [5.74, 6) is 1.51. The Morgan fingerprint density at radius 1 is 0.885 bits per heavy atom. The van der Waals surface area contributed by atoms with Crippen molar-refractivity contribution >= 4 is 61.5 Å². The molecule has 0 fully saturated rings. The molecule has 0 N–H and O–H groups in total. The number of hydrogen-bond acceptors (Lipinski definition) is 2. The third-order valence-corrected chi connectivity index (χ3v) is 5.55. The predicted octanol–water partition coefficient (Wildman–Crippen LogP) is 5.59. The number of carbonyl (C=O) groups excluding carboxylic acids is 1. The van der Waals surface area contributed by atoms with Gasteiger partial charge in [0, 0.05) is 0 Å². The van der Waals surface area contributed by atoms with Crippen LogP contribution in [0, 0.1) is 6.92 Å². The second-order valence-electron chi connectivity index (χ2n) is 5.44. The van der Waals surface area contributed by atoms with E-state index in [1.54, 1.807) is 18.2 Å². The van der Waals surface area contributed by atoms with Crippen LogP contribution in [0.2, 0.25) is 10.0 Å². The Morgan fingerprint density at radius 2 is 1.54 bits per heavy atom. The maximum absolute atomic E-state index is 12.6. The summed E-state index contributed by atoms with van der Waals surface area (Å²) in [5, 5.41) is 1.71. The number of halogens is 2. The van der Waals surface area contributed by atoms with Gasteiger partial charge in [0.25, 0.3) is 0 Å². The van der Waals surface area contributed by atoms with Gasteiger partial charge in [0.15, 0.2) is 5.52 Å². The molecule has 0 heterocycles. The van der Waals surface area contributed by atoms with Gasteiger partial charge in [0.1, 0.15) is 11.5 Å². The van der Waals surface area contributed by atoms with Crippen molar-refractivity contribution in [1.82, 2.24) is 0 Å². The molecule has 0 amide bonds. The summed E-state index contributed by atoms with van der Waals surface area (Å²) in [5.41, 5.74) is 1.30. The van der Waals surface area contributed by atoms with Crippen molar-refractivity contribution in [3.05, 3.63) is 87.9 Å². The zero-order chi connectivity index (χ0) is 17.8. The second-order valence-corrected chi connectivity index (χ2v) is 7.50. The molecule has 0 aliphatic carbocycles. The normalized spacial score (nSPS) is 10.6. The van der Waals surface area contributed by atoms with Gasteiger partial charge in [-0.2, -0.15) is 0 Å². The summed E-state index contributed by atoms with van der Waals surface area (Å²) < 4.78 is 5.82. The van der Waals surface area contributed by atoms with Gasteiger partial charge in [-0.3, -0.25) is 4.79 Å². The van der Waals surface area contributed by atoms with Crippen LogP contribution in [0.5, 0.6) is 11.5 Å². The number of aryl methyl sites for hydroxylation is 1. The third kappa shape index (κ3) is 5.14. The summed E-state index contributed by atoms with van der Waals surface area (Å²) >= 11 is 12.3. The quantitative estimate of drug-likeness (QED) is 0.415. The number of carbonyl (C=O) groups is 1. The number of ether oxygens (including phenoxy) is 1. The molecular weight excluding hydrogens is 381 g/mol. The minimum absolute atomic E-state index is 0. The maximum atomic E-state index is 12.6. The van der Waals surface area contributed by atoms with E-state index in [-0.39, 0.29) is 33.0 Å². The standard InChI is InChI=1S/C20H15Cl2O2P.Li.H/c1-13-12-15(24-14-6-3-2-4-7-14)10-11-18(13)25-20(23)19-16(21)8-5-9-17(19)22;;/h2-12,25H,1H3;;. The van der Waals surface area contributed by atoms with E-state index in [2.05, 4.69) is 0 Å². The summed E-state index contributed by atoms with van der Waals surface area (Å²) in [7, 11) is -0.0518. The van der Waals surface area contributed by atoms with E-state index < -0.39 is 0 Å². The third-order valence-electron chi connectivity index (χ3n) is 3.61. The van der Waals surface area contributed by atoms with Crippen LogP contribution in [0.3, 0.4) is 0 Å². The second kappa shape index (κ2) is 9.61. The summed E-state index contributed by atoms with van der Waals surface area (Å²) in [6, 6.07) is 20.4. The molecule has 0 aromatic heterocycles. The molecule has 6 heteroatoms. The van der Waals surface area contributed by atoms with Crippen LogP contribution in [0.1, 0.15) is 15.9 Å². The van der Waals surface area contributed by atoms with Crippen molar-refractivity contribution in [2.75, 3.05) is 0 Å². The van der Waals surface area contributed by atoms with Gasteiger partial charge in [-0.05, 0) is 62.8 Å². The van der Waals surface area contributed by atoms with Crippen molar-refractivity contribution in [2.24, 2.45) is 0 Å². The Balaban J connectivity index is 0.00000243. The molecule has 0 aliphatic rings. The molecule has 0 radical (unpaired) electrons. The minimum atomic E-state index is -0.0737. The van der Waals surface area contributed by atoms with Crippen molar-refractivity contribution < 1.29 is 9.53 Å². The fourth-order valence-corrected chi connectivity index (χ4v) is 4.17. The van der Waals surface area contributed by atoms with Crippen molar-refractivity contribution in [3.63, 3.8) is 0 Å². The fraction of sp³-hybridized carbons (Fsp3) is 0.0500. The van der Waals surface area contributed by atoms with E-state index in [4.69, 9.17) is 27.9 Å². The predicted molar refractivity (Wildman–Crippen MR) is 114 cm³/mol. The topological polar surface area (TPSA) is 26.3 Å². The Hall–Kier alpha value is -1.26. The van der Waals surface area contributed by atoms with Gasteiger partial charge in [0.2, 0.25) is 0 Å². The van der Waals surface area contributed by atoms with Gasteiger partial charge in [-0.15, -0.1) is 0 Å². The molecule has 3 aromatic rings. The molecule has 2 nitrogen and oxygen atoms in total. The molecule has 0 aliphatic heterocycles. The van der Waals surface area contributed by atoms with Gasteiger partial charge in [0.05, 0.1) is 15.6 Å². The number of rotatable bonds is 5. The number of benzene rings is 3. The molecule has 1 atom stereocenters. The van der Waals surface area contributed by atoms with Crippen molar-refractivity contribution in [1.29, 1.82) is 0 Å². The first kappa shape index (κ1) is 21.0. The van der Waals surface area contributed by atoms with E-state index in [9.17, 15) is 4.79 Å². The van der Waals surface area contributed by atoms with Crippen LogP contribution < -0.4 is 10.0 Å². The van der Waals surface area contributed by atoms with Gasteiger partial charge in [-0.1, -0.05) is 53.5 Å². The summed E-state index contributed by atoms with van der Waals surface area (Å²) in [6.45, 7) is 1.96. The van der Waals surface area contributed by atoms with Crippen LogP contribution >= 0.6 is 31.8 Å². The van der Waals surface area contributed by atoms with Gasteiger partial charge < -0.3 is 4.74 Å². The zero-order valence-electron chi connectivity index (χ0n) is 13.4. The Bertz CT molecular complexity index is 897.